The summed E-state index contributed by atoms with van der Waals surface area (Å²) in [4.78, 5) is 28.7. The number of piperidine rings is 1. The van der Waals surface area contributed by atoms with E-state index in [0.29, 0.717) is 42.8 Å². The molecule has 2 aliphatic rings. The van der Waals surface area contributed by atoms with E-state index in [1.165, 1.54) is 4.90 Å². The third-order valence-electron chi connectivity index (χ3n) is 6.32. The van der Waals surface area contributed by atoms with Gasteiger partial charge in [0.25, 0.3) is 11.8 Å². The van der Waals surface area contributed by atoms with E-state index in [-0.39, 0.29) is 11.8 Å². The molecule has 7 heteroatoms. The standard InChI is InChI=1S/C23H24N4O3/c1-13-9-18-19(10-14(13)2)30-23(4-6-24-7-5-23)27(22(18)29)21(28)16-8-15(3)20-17(11-16)12-25-26-20/h8-12,24H,4-7H2,1-3H3,(H,25,26). The first-order valence-corrected chi connectivity index (χ1v) is 10.2. The number of aryl methyl sites for hydroxylation is 3. The second kappa shape index (κ2) is 6.67. The molecule has 1 saturated heterocycles. The van der Waals surface area contributed by atoms with Gasteiger partial charge in [0.15, 0.2) is 5.72 Å². The van der Waals surface area contributed by atoms with Gasteiger partial charge in [-0.05, 0) is 61.7 Å². The summed E-state index contributed by atoms with van der Waals surface area (Å²) in [6.07, 6.45) is 2.78. The van der Waals surface area contributed by atoms with Gasteiger partial charge in [0, 0.05) is 36.9 Å². The maximum Gasteiger partial charge on any atom is 0.267 e. The number of amides is 2. The Morgan fingerprint density at radius 3 is 2.57 bits per heavy atom. The molecule has 2 amide bonds. The molecular formula is C23H24N4O3. The molecule has 30 heavy (non-hydrogen) atoms. The van der Waals surface area contributed by atoms with Crippen LogP contribution < -0.4 is 10.1 Å². The van der Waals surface area contributed by atoms with Gasteiger partial charge in [0.2, 0.25) is 0 Å². The van der Waals surface area contributed by atoms with E-state index in [4.69, 9.17) is 4.74 Å². The Morgan fingerprint density at radius 1 is 1.07 bits per heavy atom. The van der Waals surface area contributed by atoms with Crippen LogP contribution in [0.1, 0.15) is 50.2 Å². The zero-order valence-corrected chi connectivity index (χ0v) is 17.3. The van der Waals surface area contributed by atoms with Crippen molar-refractivity contribution in [2.45, 2.75) is 39.3 Å². The Balaban J connectivity index is 1.65. The molecule has 1 fully saturated rings. The van der Waals surface area contributed by atoms with Gasteiger partial charge in [-0.3, -0.25) is 14.7 Å². The van der Waals surface area contributed by atoms with Crippen LogP contribution in [-0.2, 0) is 0 Å². The first kappa shape index (κ1) is 18.8. The van der Waals surface area contributed by atoms with Crippen molar-refractivity contribution in [1.29, 1.82) is 0 Å². The highest BCUT2D eigenvalue weighted by atomic mass is 16.5. The summed E-state index contributed by atoms with van der Waals surface area (Å²) < 4.78 is 6.45. The van der Waals surface area contributed by atoms with Crippen molar-refractivity contribution >= 4 is 22.7 Å². The van der Waals surface area contributed by atoms with Gasteiger partial charge >= 0.3 is 0 Å². The maximum atomic E-state index is 13.7. The first-order valence-electron chi connectivity index (χ1n) is 10.2. The van der Waals surface area contributed by atoms with E-state index in [9.17, 15) is 9.59 Å². The number of nitrogens with zero attached hydrogens (tertiary/aromatic N) is 2. The van der Waals surface area contributed by atoms with E-state index < -0.39 is 5.72 Å². The van der Waals surface area contributed by atoms with E-state index >= 15 is 0 Å². The third kappa shape index (κ3) is 2.73. The second-order valence-electron chi connectivity index (χ2n) is 8.30. The number of hydrogen-bond donors (Lipinski definition) is 2. The monoisotopic (exact) mass is 404 g/mol. The molecule has 1 spiro atoms. The number of rotatable bonds is 1. The number of fused-ring (bicyclic) bond motifs is 2. The maximum absolute atomic E-state index is 13.7. The normalized spacial score (nSPS) is 17.8. The highest BCUT2D eigenvalue weighted by Crippen LogP contribution is 2.40. The molecular weight excluding hydrogens is 380 g/mol. The lowest BCUT2D eigenvalue weighted by molar-refractivity contribution is -0.0776. The summed E-state index contributed by atoms with van der Waals surface area (Å²) in [6, 6.07) is 7.33. The minimum Gasteiger partial charge on any atom is -0.466 e. The fraction of sp³-hybridized carbons (Fsp3) is 0.348. The fourth-order valence-corrected chi connectivity index (χ4v) is 4.51. The number of H-pyrrole nitrogens is 1. The molecule has 2 aromatic carbocycles. The van der Waals surface area contributed by atoms with Gasteiger partial charge < -0.3 is 10.1 Å². The zero-order chi connectivity index (χ0) is 21.0. The molecule has 0 atom stereocenters. The van der Waals surface area contributed by atoms with E-state index in [0.717, 1.165) is 27.6 Å². The quantitative estimate of drug-likeness (QED) is 0.608. The minimum atomic E-state index is -0.979. The summed E-state index contributed by atoms with van der Waals surface area (Å²) in [5.41, 5.74) is 3.78. The molecule has 0 unspecified atom stereocenters. The Labute approximate surface area is 174 Å². The molecule has 0 bridgehead atoms. The average Bonchev–Trinajstić information content (AvgIpc) is 3.20. The van der Waals surface area contributed by atoms with Crippen molar-refractivity contribution in [2.24, 2.45) is 0 Å². The summed E-state index contributed by atoms with van der Waals surface area (Å²) >= 11 is 0. The molecule has 154 valence electrons. The lowest BCUT2D eigenvalue weighted by atomic mass is 9.93. The van der Waals surface area contributed by atoms with Crippen LogP contribution in [-0.4, -0.2) is 45.7 Å². The smallest absolute Gasteiger partial charge is 0.267 e. The average molecular weight is 404 g/mol. The van der Waals surface area contributed by atoms with Crippen LogP contribution in [0.5, 0.6) is 5.75 Å². The molecule has 2 aliphatic heterocycles. The molecule has 7 nitrogen and oxygen atoms in total. The molecule has 1 aromatic heterocycles. The van der Waals surface area contributed by atoms with Crippen molar-refractivity contribution in [3.8, 4) is 5.75 Å². The van der Waals surface area contributed by atoms with Gasteiger partial charge in [-0.1, -0.05) is 0 Å². The summed E-state index contributed by atoms with van der Waals surface area (Å²) in [6.45, 7) is 7.24. The largest absolute Gasteiger partial charge is 0.466 e. The number of carbonyl (C=O) groups is 2. The molecule has 0 aliphatic carbocycles. The van der Waals surface area contributed by atoms with Crippen molar-refractivity contribution < 1.29 is 14.3 Å². The number of ether oxygens (including phenoxy) is 1. The Morgan fingerprint density at radius 2 is 1.80 bits per heavy atom. The Hall–Kier alpha value is -3.19. The zero-order valence-electron chi connectivity index (χ0n) is 17.3. The van der Waals surface area contributed by atoms with Gasteiger partial charge in [-0.2, -0.15) is 5.10 Å². The Bertz CT molecular complexity index is 1190. The van der Waals surface area contributed by atoms with Crippen LogP contribution in [0, 0.1) is 20.8 Å². The fourth-order valence-electron chi connectivity index (χ4n) is 4.51. The van der Waals surface area contributed by atoms with Gasteiger partial charge in [0.1, 0.15) is 5.75 Å². The molecule has 5 rings (SSSR count). The number of aromatic nitrogens is 2. The SMILES string of the molecule is Cc1cc2c(cc1C)C(=O)N(C(=O)c1cc(C)c3[nH]ncc3c1)C1(CCNCC1)O2. The molecule has 3 aromatic rings. The van der Waals surface area contributed by atoms with Crippen LogP contribution in [0.15, 0.2) is 30.5 Å². The summed E-state index contributed by atoms with van der Waals surface area (Å²) in [5.74, 6) is -0.0660. The predicted octanol–water partition coefficient (Wildman–Crippen LogP) is 3.24. The Kier molecular flexibility index (Phi) is 4.18. The van der Waals surface area contributed by atoms with Crippen LogP contribution in [0.2, 0.25) is 0 Å². The van der Waals surface area contributed by atoms with Crippen molar-refractivity contribution in [2.75, 3.05) is 13.1 Å². The van der Waals surface area contributed by atoms with Crippen LogP contribution in [0.4, 0.5) is 0 Å². The van der Waals surface area contributed by atoms with Crippen molar-refractivity contribution in [3.05, 3.63) is 58.3 Å². The molecule has 2 N–H and O–H groups in total. The third-order valence-corrected chi connectivity index (χ3v) is 6.32. The molecule has 0 radical (unpaired) electrons. The molecule has 3 heterocycles. The topological polar surface area (TPSA) is 87.3 Å². The van der Waals surface area contributed by atoms with Gasteiger partial charge in [0.05, 0.1) is 17.3 Å². The predicted molar refractivity (Wildman–Crippen MR) is 113 cm³/mol. The van der Waals surface area contributed by atoms with E-state index in [2.05, 4.69) is 15.5 Å². The van der Waals surface area contributed by atoms with Crippen molar-refractivity contribution in [1.82, 2.24) is 20.4 Å². The summed E-state index contributed by atoms with van der Waals surface area (Å²) in [7, 11) is 0. The van der Waals surface area contributed by atoms with Crippen LogP contribution in [0.25, 0.3) is 10.9 Å². The highest BCUT2D eigenvalue weighted by Gasteiger charge is 2.51. The number of imide groups is 1. The second-order valence-corrected chi connectivity index (χ2v) is 8.30. The number of hydrogen-bond acceptors (Lipinski definition) is 5. The van der Waals surface area contributed by atoms with E-state index in [1.54, 1.807) is 18.3 Å². The summed E-state index contributed by atoms with van der Waals surface area (Å²) in [5, 5.41) is 11.2. The highest BCUT2D eigenvalue weighted by molar-refractivity contribution is 6.13. The van der Waals surface area contributed by atoms with Crippen molar-refractivity contribution in [3.63, 3.8) is 0 Å². The van der Waals surface area contributed by atoms with Gasteiger partial charge in [-0.15, -0.1) is 0 Å². The van der Waals surface area contributed by atoms with E-state index in [1.807, 2.05) is 32.9 Å². The number of nitrogens with one attached hydrogen (secondary N) is 2. The van der Waals surface area contributed by atoms with Crippen LogP contribution >= 0.6 is 0 Å². The van der Waals surface area contributed by atoms with Crippen LogP contribution in [0.3, 0.4) is 0 Å². The lowest BCUT2D eigenvalue weighted by Gasteiger charge is -2.48. The number of carbonyl (C=O) groups excluding carboxylic acids is 2. The first-order chi connectivity index (χ1) is 14.4. The minimum absolute atomic E-state index is 0.295. The molecule has 0 saturated carbocycles. The number of aromatic amines is 1. The number of benzene rings is 2. The van der Waals surface area contributed by atoms with Gasteiger partial charge in [-0.25, -0.2) is 4.90 Å². The lowest BCUT2D eigenvalue weighted by Crippen LogP contribution is -2.64.